The third-order valence-electron chi connectivity index (χ3n) is 2.87. The summed E-state index contributed by atoms with van der Waals surface area (Å²) in [6.45, 7) is 1.98. The molecular weight excluding hydrogens is 262 g/mol. The van der Waals surface area contributed by atoms with E-state index < -0.39 is 17.8 Å². The molecule has 1 saturated heterocycles. The largest absolute Gasteiger partial charge is 0.462 e. The molecule has 20 heavy (non-hydrogen) atoms. The van der Waals surface area contributed by atoms with Crippen LogP contribution in [-0.2, 0) is 14.3 Å². The van der Waals surface area contributed by atoms with Crippen molar-refractivity contribution in [2.24, 2.45) is 0 Å². The zero-order valence-corrected chi connectivity index (χ0v) is 11.0. The average Bonchev–Trinajstić information content (AvgIpc) is 2.38. The quantitative estimate of drug-likeness (QED) is 0.455. The fraction of sp³-hybridized carbons (Fsp3) is 0.308. The van der Waals surface area contributed by atoms with Gasteiger partial charge in [-0.2, -0.15) is 0 Å². The second-order valence-electron chi connectivity index (χ2n) is 4.29. The summed E-state index contributed by atoms with van der Waals surface area (Å²) in [6.07, 6.45) is 0. The Kier molecular flexibility index (Phi) is 3.88. The first kappa shape index (κ1) is 13.9. The van der Waals surface area contributed by atoms with E-state index in [0.29, 0.717) is 5.69 Å². The molecule has 2 rings (SSSR count). The second kappa shape index (κ2) is 5.60. The Labute approximate surface area is 115 Å². The van der Waals surface area contributed by atoms with Crippen LogP contribution in [-0.4, -0.2) is 37.5 Å². The molecule has 7 nitrogen and oxygen atoms in total. The van der Waals surface area contributed by atoms with E-state index >= 15 is 0 Å². The van der Waals surface area contributed by atoms with Gasteiger partial charge in [0.15, 0.2) is 0 Å². The summed E-state index contributed by atoms with van der Waals surface area (Å²) in [5.74, 6) is -1.33. The highest BCUT2D eigenvalue weighted by Gasteiger charge is 2.25. The van der Waals surface area contributed by atoms with Crippen LogP contribution in [0.4, 0.5) is 11.4 Å². The predicted molar refractivity (Wildman–Crippen MR) is 72.2 cm³/mol. The van der Waals surface area contributed by atoms with Gasteiger partial charge in [0.05, 0.1) is 36.6 Å². The SMILES string of the molecule is CCOC(=O)c1cccc(N2CC(=O)NC(=O)C2)c1N. The molecule has 1 aromatic rings. The molecule has 0 unspecified atom stereocenters. The number of carbonyl (C=O) groups is 3. The first-order chi connectivity index (χ1) is 9.52. The first-order valence-electron chi connectivity index (χ1n) is 6.16. The molecular formula is C13H15N3O4. The van der Waals surface area contributed by atoms with Crippen LogP contribution >= 0.6 is 0 Å². The van der Waals surface area contributed by atoms with Gasteiger partial charge in [0, 0.05) is 0 Å². The summed E-state index contributed by atoms with van der Waals surface area (Å²) in [6, 6.07) is 4.83. The van der Waals surface area contributed by atoms with E-state index in [1.807, 2.05) is 0 Å². The van der Waals surface area contributed by atoms with E-state index in [1.54, 1.807) is 25.1 Å². The van der Waals surface area contributed by atoms with Crippen molar-refractivity contribution in [3.8, 4) is 0 Å². The molecule has 1 aromatic carbocycles. The fourth-order valence-corrected chi connectivity index (χ4v) is 2.02. The number of nitrogens with zero attached hydrogens (tertiary/aromatic N) is 1. The number of nitrogens with two attached hydrogens (primary N) is 1. The number of nitrogens with one attached hydrogen (secondary N) is 1. The Morgan fingerprint density at radius 3 is 2.60 bits per heavy atom. The lowest BCUT2D eigenvalue weighted by Gasteiger charge is -2.28. The summed E-state index contributed by atoms with van der Waals surface area (Å²) < 4.78 is 4.91. The molecule has 2 amide bonds. The van der Waals surface area contributed by atoms with E-state index in [2.05, 4.69) is 5.32 Å². The van der Waals surface area contributed by atoms with Crippen molar-refractivity contribution in [2.75, 3.05) is 30.3 Å². The predicted octanol–water partition coefficient (Wildman–Crippen LogP) is -0.0917. The number of rotatable bonds is 3. The van der Waals surface area contributed by atoms with Crippen LogP contribution in [0.5, 0.6) is 0 Å². The molecule has 0 spiro atoms. The summed E-state index contributed by atoms with van der Waals surface area (Å²) in [5.41, 5.74) is 6.85. The first-order valence-corrected chi connectivity index (χ1v) is 6.16. The minimum Gasteiger partial charge on any atom is -0.462 e. The van der Waals surface area contributed by atoms with E-state index in [9.17, 15) is 14.4 Å². The molecule has 0 aliphatic carbocycles. The number of anilines is 2. The van der Waals surface area contributed by atoms with E-state index in [0.717, 1.165) is 0 Å². The Hall–Kier alpha value is -2.57. The number of nitrogen functional groups attached to an aromatic ring is 1. The van der Waals surface area contributed by atoms with Crippen LogP contribution in [0, 0.1) is 0 Å². The van der Waals surface area contributed by atoms with E-state index in [-0.39, 0.29) is 30.9 Å². The number of hydrogen-bond acceptors (Lipinski definition) is 6. The zero-order chi connectivity index (χ0) is 14.7. The molecule has 0 bridgehead atoms. The molecule has 1 aliphatic rings. The summed E-state index contributed by atoms with van der Waals surface area (Å²) >= 11 is 0. The zero-order valence-electron chi connectivity index (χ0n) is 11.0. The highest BCUT2D eigenvalue weighted by atomic mass is 16.5. The van der Waals surface area contributed by atoms with Crippen LogP contribution in [0.25, 0.3) is 0 Å². The van der Waals surface area contributed by atoms with Gasteiger partial charge in [0.2, 0.25) is 11.8 Å². The number of carbonyl (C=O) groups excluding carboxylic acids is 3. The number of hydrogen-bond donors (Lipinski definition) is 2. The Bertz CT molecular complexity index is 555. The Morgan fingerprint density at radius 2 is 2.00 bits per heavy atom. The van der Waals surface area contributed by atoms with Gasteiger partial charge in [-0.15, -0.1) is 0 Å². The molecule has 3 N–H and O–H groups in total. The molecule has 7 heteroatoms. The number of esters is 1. The lowest BCUT2D eigenvalue weighted by Crippen LogP contribution is -2.51. The third kappa shape index (κ3) is 2.71. The maximum atomic E-state index is 11.8. The number of para-hydroxylation sites is 1. The van der Waals surface area contributed by atoms with Gasteiger partial charge in [-0.1, -0.05) is 6.07 Å². The van der Waals surface area contributed by atoms with Crippen LogP contribution in [0.1, 0.15) is 17.3 Å². The third-order valence-corrected chi connectivity index (χ3v) is 2.87. The minimum atomic E-state index is -0.528. The lowest BCUT2D eigenvalue weighted by atomic mass is 10.1. The van der Waals surface area contributed by atoms with Gasteiger partial charge in [-0.05, 0) is 19.1 Å². The lowest BCUT2D eigenvalue weighted by molar-refractivity contribution is -0.130. The average molecular weight is 277 g/mol. The molecule has 0 aromatic heterocycles. The van der Waals surface area contributed by atoms with Crippen molar-refractivity contribution < 1.29 is 19.1 Å². The van der Waals surface area contributed by atoms with E-state index in [1.165, 1.54) is 4.90 Å². The fourth-order valence-electron chi connectivity index (χ4n) is 2.02. The Balaban J connectivity index is 2.33. The maximum absolute atomic E-state index is 11.8. The van der Waals surface area contributed by atoms with E-state index in [4.69, 9.17) is 10.5 Å². The molecule has 1 heterocycles. The van der Waals surface area contributed by atoms with Gasteiger partial charge in [-0.25, -0.2) is 4.79 Å². The van der Waals surface area contributed by atoms with Gasteiger partial charge < -0.3 is 15.4 Å². The normalized spacial score (nSPS) is 14.9. The van der Waals surface area contributed by atoms with Crippen molar-refractivity contribution in [1.82, 2.24) is 5.32 Å². The minimum absolute atomic E-state index is 0.0161. The molecule has 0 saturated carbocycles. The molecule has 106 valence electrons. The van der Waals surface area contributed by atoms with Crippen molar-refractivity contribution >= 4 is 29.2 Å². The number of benzene rings is 1. The van der Waals surface area contributed by atoms with Gasteiger partial charge in [0.25, 0.3) is 0 Å². The highest BCUT2D eigenvalue weighted by molar-refractivity contribution is 6.05. The molecule has 1 aliphatic heterocycles. The molecule has 0 radical (unpaired) electrons. The second-order valence-corrected chi connectivity index (χ2v) is 4.29. The number of amides is 2. The summed E-state index contributed by atoms with van der Waals surface area (Å²) in [4.78, 5) is 36.1. The number of imide groups is 1. The molecule has 0 atom stereocenters. The Morgan fingerprint density at radius 1 is 1.35 bits per heavy atom. The van der Waals surface area contributed by atoms with Crippen LogP contribution in [0.2, 0.25) is 0 Å². The van der Waals surface area contributed by atoms with Gasteiger partial charge in [0.1, 0.15) is 0 Å². The monoisotopic (exact) mass is 277 g/mol. The van der Waals surface area contributed by atoms with Crippen LogP contribution < -0.4 is 16.0 Å². The van der Waals surface area contributed by atoms with Crippen molar-refractivity contribution in [2.45, 2.75) is 6.92 Å². The maximum Gasteiger partial charge on any atom is 0.340 e. The van der Waals surface area contributed by atoms with Crippen molar-refractivity contribution in [1.29, 1.82) is 0 Å². The highest BCUT2D eigenvalue weighted by Crippen LogP contribution is 2.27. The number of ether oxygens (including phenoxy) is 1. The van der Waals surface area contributed by atoms with Crippen molar-refractivity contribution in [3.05, 3.63) is 23.8 Å². The summed E-state index contributed by atoms with van der Waals surface area (Å²) in [5, 5.41) is 2.20. The smallest absolute Gasteiger partial charge is 0.340 e. The van der Waals surface area contributed by atoms with Crippen LogP contribution in [0.15, 0.2) is 18.2 Å². The topological polar surface area (TPSA) is 102 Å². The standard InChI is InChI=1S/C13H15N3O4/c1-2-20-13(19)8-4-3-5-9(12(8)14)16-6-10(17)15-11(18)7-16/h3-5H,2,6-7,14H2,1H3,(H,15,17,18). The summed E-state index contributed by atoms with van der Waals surface area (Å²) in [7, 11) is 0. The van der Waals surface area contributed by atoms with Gasteiger partial charge in [-0.3, -0.25) is 14.9 Å². The number of piperazine rings is 1. The van der Waals surface area contributed by atoms with Gasteiger partial charge >= 0.3 is 5.97 Å². The molecule has 1 fully saturated rings. The van der Waals surface area contributed by atoms with Crippen molar-refractivity contribution in [3.63, 3.8) is 0 Å². The van der Waals surface area contributed by atoms with Crippen LogP contribution in [0.3, 0.4) is 0 Å².